The summed E-state index contributed by atoms with van der Waals surface area (Å²) < 4.78 is 7.83. The van der Waals surface area contributed by atoms with E-state index in [0.717, 1.165) is 52.9 Å². The molecule has 4 aromatic rings. The van der Waals surface area contributed by atoms with Crippen molar-refractivity contribution in [3.8, 4) is 16.9 Å². The van der Waals surface area contributed by atoms with Crippen molar-refractivity contribution in [1.29, 1.82) is 0 Å². The maximum absolute atomic E-state index is 11.3. The molecular weight excluding hydrogens is 386 g/mol. The fourth-order valence-corrected chi connectivity index (χ4v) is 4.49. The Morgan fingerprint density at radius 2 is 1.77 bits per heavy atom. The highest BCUT2D eigenvalue weighted by Gasteiger charge is 2.23. The predicted molar refractivity (Wildman–Crippen MR) is 120 cm³/mol. The minimum absolute atomic E-state index is 0.419. The van der Waals surface area contributed by atoms with Gasteiger partial charge in [0, 0.05) is 23.7 Å². The lowest BCUT2D eigenvalue weighted by Gasteiger charge is -2.25. The van der Waals surface area contributed by atoms with Gasteiger partial charge in [0.1, 0.15) is 18.1 Å². The zero-order valence-corrected chi connectivity index (χ0v) is 17.4. The molecule has 0 unspecified atom stereocenters. The van der Waals surface area contributed by atoms with Crippen LogP contribution in [0, 0.1) is 0 Å². The minimum Gasteiger partial charge on any atom is -0.489 e. The van der Waals surface area contributed by atoms with Crippen molar-refractivity contribution < 1.29 is 9.53 Å². The highest BCUT2D eigenvalue weighted by molar-refractivity contribution is 5.75. The van der Waals surface area contributed by atoms with Crippen LogP contribution in [0.4, 0.5) is 0 Å². The summed E-state index contributed by atoms with van der Waals surface area (Å²) in [5.74, 6) is 1.26. The molecule has 0 spiro atoms. The van der Waals surface area contributed by atoms with Crippen LogP contribution in [0.3, 0.4) is 0 Å². The molecule has 0 atom stereocenters. The van der Waals surface area contributed by atoms with Gasteiger partial charge < -0.3 is 4.74 Å². The lowest BCUT2D eigenvalue weighted by molar-refractivity contribution is 0.111. The van der Waals surface area contributed by atoms with Crippen molar-refractivity contribution in [2.45, 2.75) is 44.6 Å². The smallest absolute Gasteiger partial charge is 0.170 e. The van der Waals surface area contributed by atoms with Crippen LogP contribution in [0.1, 0.15) is 59.8 Å². The zero-order valence-electron chi connectivity index (χ0n) is 17.4. The molecule has 2 aromatic carbocycles. The van der Waals surface area contributed by atoms with Gasteiger partial charge in [-0.1, -0.05) is 61.7 Å². The molecule has 5 rings (SSSR count). The predicted octanol–water partition coefficient (Wildman–Crippen LogP) is 5.84. The molecule has 5 heteroatoms. The van der Waals surface area contributed by atoms with Gasteiger partial charge in [-0.3, -0.25) is 4.79 Å². The molecule has 1 aliphatic rings. The normalized spacial score (nSPS) is 14.6. The zero-order chi connectivity index (χ0) is 21.0. The molecule has 2 aromatic heterocycles. The van der Waals surface area contributed by atoms with Crippen LogP contribution in [0.15, 0.2) is 66.9 Å². The van der Waals surface area contributed by atoms with E-state index >= 15 is 0 Å². The first kappa shape index (κ1) is 19.5. The molecule has 1 saturated carbocycles. The van der Waals surface area contributed by atoms with Crippen molar-refractivity contribution in [2.75, 3.05) is 0 Å². The van der Waals surface area contributed by atoms with Gasteiger partial charge in [0.2, 0.25) is 0 Å². The number of hydrogen-bond donors (Lipinski definition) is 0. The Morgan fingerprint density at radius 1 is 1.00 bits per heavy atom. The molecule has 31 heavy (non-hydrogen) atoms. The first-order valence-corrected chi connectivity index (χ1v) is 10.9. The number of aromatic nitrogens is 3. The maximum atomic E-state index is 11.3. The third kappa shape index (κ3) is 4.08. The second kappa shape index (κ2) is 8.72. The van der Waals surface area contributed by atoms with Crippen LogP contribution >= 0.6 is 0 Å². The standard InChI is InChI=1S/C26H25N3O2/c30-17-22-15-25-27-16-24(26(29(25)28-22)21-9-5-2-6-10-21)20-11-13-23(14-12-20)31-18-19-7-3-1-4-8-19/h1,3-4,7-8,11-17,21H,2,5-6,9-10,18H2. The highest BCUT2D eigenvalue weighted by Crippen LogP contribution is 2.38. The van der Waals surface area contributed by atoms with E-state index in [1.165, 1.54) is 19.3 Å². The van der Waals surface area contributed by atoms with Crippen LogP contribution in [0.5, 0.6) is 5.75 Å². The van der Waals surface area contributed by atoms with E-state index in [1.54, 1.807) is 6.07 Å². The Kier molecular flexibility index (Phi) is 5.48. The summed E-state index contributed by atoms with van der Waals surface area (Å²) in [6.07, 6.45) is 8.73. The fraction of sp³-hybridized carbons (Fsp3) is 0.269. The average Bonchev–Trinajstić information content (AvgIpc) is 3.27. The summed E-state index contributed by atoms with van der Waals surface area (Å²) in [7, 11) is 0. The Bertz CT molecular complexity index is 1180. The van der Waals surface area contributed by atoms with E-state index in [0.29, 0.717) is 18.2 Å². The first-order chi connectivity index (χ1) is 15.3. The molecule has 1 aliphatic carbocycles. The molecule has 0 N–H and O–H groups in total. The van der Waals surface area contributed by atoms with Crippen LogP contribution in [-0.4, -0.2) is 20.9 Å². The molecule has 0 radical (unpaired) electrons. The third-order valence-corrected chi connectivity index (χ3v) is 6.07. The van der Waals surface area contributed by atoms with Crippen molar-refractivity contribution >= 4 is 11.9 Å². The number of carbonyl (C=O) groups is 1. The van der Waals surface area contributed by atoms with E-state index in [-0.39, 0.29) is 0 Å². The molecule has 5 nitrogen and oxygen atoms in total. The number of rotatable bonds is 6. The van der Waals surface area contributed by atoms with E-state index in [1.807, 2.05) is 41.0 Å². The summed E-state index contributed by atoms with van der Waals surface area (Å²) in [6.45, 7) is 0.544. The number of fused-ring (bicyclic) bond motifs is 1. The topological polar surface area (TPSA) is 56.5 Å². The summed E-state index contributed by atoms with van der Waals surface area (Å²) in [6, 6.07) is 20.1. The number of nitrogens with zero attached hydrogens (tertiary/aromatic N) is 3. The number of hydrogen-bond acceptors (Lipinski definition) is 4. The monoisotopic (exact) mass is 411 g/mol. The minimum atomic E-state index is 0.419. The van der Waals surface area contributed by atoms with Crippen molar-refractivity contribution in [3.63, 3.8) is 0 Å². The molecule has 2 heterocycles. The van der Waals surface area contributed by atoms with Crippen LogP contribution < -0.4 is 4.74 Å². The molecule has 156 valence electrons. The molecular formula is C26H25N3O2. The van der Waals surface area contributed by atoms with Crippen molar-refractivity contribution in [2.24, 2.45) is 0 Å². The molecule has 1 fully saturated rings. The number of benzene rings is 2. The first-order valence-electron chi connectivity index (χ1n) is 10.9. The van der Waals surface area contributed by atoms with Gasteiger partial charge in [0.05, 0.1) is 5.69 Å². The summed E-state index contributed by atoms with van der Waals surface area (Å²) in [4.78, 5) is 15.9. The lowest BCUT2D eigenvalue weighted by atomic mass is 9.84. The van der Waals surface area contributed by atoms with Crippen LogP contribution in [0.2, 0.25) is 0 Å². The second-order valence-corrected chi connectivity index (χ2v) is 8.15. The van der Waals surface area contributed by atoms with Crippen LogP contribution in [0.25, 0.3) is 16.8 Å². The van der Waals surface area contributed by atoms with Crippen molar-refractivity contribution in [1.82, 2.24) is 14.6 Å². The van der Waals surface area contributed by atoms with Gasteiger partial charge in [-0.15, -0.1) is 0 Å². The van der Waals surface area contributed by atoms with Crippen molar-refractivity contribution in [3.05, 3.63) is 83.8 Å². The van der Waals surface area contributed by atoms with E-state index in [9.17, 15) is 4.79 Å². The van der Waals surface area contributed by atoms with Gasteiger partial charge in [-0.2, -0.15) is 5.10 Å². The summed E-state index contributed by atoms with van der Waals surface area (Å²) in [5, 5.41) is 4.53. The van der Waals surface area contributed by atoms with Gasteiger partial charge in [0.15, 0.2) is 11.9 Å². The highest BCUT2D eigenvalue weighted by atomic mass is 16.5. The number of ether oxygens (including phenoxy) is 1. The fourth-order valence-electron chi connectivity index (χ4n) is 4.49. The van der Waals surface area contributed by atoms with E-state index < -0.39 is 0 Å². The van der Waals surface area contributed by atoms with E-state index in [4.69, 9.17) is 4.74 Å². The quantitative estimate of drug-likeness (QED) is 0.374. The number of aldehydes is 1. The molecule has 0 amide bonds. The average molecular weight is 412 g/mol. The summed E-state index contributed by atoms with van der Waals surface area (Å²) >= 11 is 0. The Morgan fingerprint density at radius 3 is 2.52 bits per heavy atom. The van der Waals surface area contributed by atoms with Gasteiger partial charge >= 0.3 is 0 Å². The molecule has 0 aliphatic heterocycles. The Labute approximate surface area is 181 Å². The third-order valence-electron chi connectivity index (χ3n) is 6.07. The van der Waals surface area contributed by atoms with E-state index in [2.05, 4.69) is 34.3 Å². The maximum Gasteiger partial charge on any atom is 0.170 e. The lowest BCUT2D eigenvalue weighted by Crippen LogP contribution is -2.12. The van der Waals surface area contributed by atoms with Gasteiger partial charge in [-0.05, 0) is 36.1 Å². The Hall–Kier alpha value is -3.47. The SMILES string of the molecule is O=Cc1cc2ncc(-c3ccc(OCc4ccccc4)cc3)c(C3CCCCC3)n2n1. The second-order valence-electron chi connectivity index (χ2n) is 8.15. The van der Waals surface area contributed by atoms with Gasteiger partial charge in [0.25, 0.3) is 0 Å². The van der Waals surface area contributed by atoms with Crippen LogP contribution in [-0.2, 0) is 6.61 Å². The van der Waals surface area contributed by atoms with Gasteiger partial charge in [-0.25, -0.2) is 9.50 Å². The number of carbonyl (C=O) groups excluding carboxylic acids is 1. The molecule has 0 bridgehead atoms. The Balaban J connectivity index is 1.48. The largest absolute Gasteiger partial charge is 0.489 e. The summed E-state index contributed by atoms with van der Waals surface area (Å²) in [5.41, 5.74) is 5.63. The molecule has 0 saturated heterocycles.